The van der Waals surface area contributed by atoms with E-state index in [0.717, 1.165) is 19.4 Å². The van der Waals surface area contributed by atoms with Gasteiger partial charge in [0, 0.05) is 37.2 Å². The highest BCUT2D eigenvalue weighted by Crippen LogP contribution is 2.24. The zero-order chi connectivity index (χ0) is 17.8. The fraction of sp³-hybridized carbons (Fsp3) is 0.611. The molecule has 136 valence electrons. The molecule has 3 heterocycles. The molecule has 2 atom stereocenters. The fourth-order valence-corrected chi connectivity index (χ4v) is 3.77. The van der Waals surface area contributed by atoms with E-state index in [0.29, 0.717) is 42.8 Å². The molecule has 2 fully saturated rings. The molecule has 2 aliphatic rings. The number of piperidine rings is 2. The minimum absolute atomic E-state index is 0.0302. The van der Waals surface area contributed by atoms with Gasteiger partial charge < -0.3 is 15.5 Å². The van der Waals surface area contributed by atoms with E-state index >= 15 is 0 Å². The summed E-state index contributed by atoms with van der Waals surface area (Å²) in [7, 11) is 0. The number of hydrogen-bond donors (Lipinski definition) is 2. The number of halogens is 1. The van der Waals surface area contributed by atoms with Crippen LogP contribution in [0.15, 0.2) is 18.3 Å². The number of carbonyl (C=O) groups is 2. The smallest absolute Gasteiger partial charge is 0.228 e. The van der Waals surface area contributed by atoms with Gasteiger partial charge in [0.2, 0.25) is 11.8 Å². The van der Waals surface area contributed by atoms with Crippen LogP contribution in [0.5, 0.6) is 0 Å². The molecule has 0 radical (unpaired) electrons. The van der Waals surface area contributed by atoms with Gasteiger partial charge in [-0.1, -0.05) is 11.6 Å². The highest BCUT2D eigenvalue weighted by Gasteiger charge is 2.32. The van der Waals surface area contributed by atoms with Crippen LogP contribution in [-0.2, 0) is 9.59 Å². The Morgan fingerprint density at radius 1 is 1.24 bits per heavy atom. The molecule has 2 N–H and O–H groups in total. The van der Waals surface area contributed by atoms with Gasteiger partial charge in [-0.05, 0) is 51.3 Å². The first-order chi connectivity index (χ1) is 12.0. The summed E-state index contributed by atoms with van der Waals surface area (Å²) in [5.41, 5.74) is 0. The van der Waals surface area contributed by atoms with Gasteiger partial charge in [0.25, 0.3) is 0 Å². The van der Waals surface area contributed by atoms with Crippen molar-refractivity contribution in [2.24, 2.45) is 11.8 Å². The number of hydrogen-bond acceptors (Lipinski definition) is 4. The van der Waals surface area contributed by atoms with Gasteiger partial charge in [0.1, 0.15) is 5.82 Å². The molecule has 3 rings (SSSR count). The summed E-state index contributed by atoms with van der Waals surface area (Å²) in [6.45, 7) is 4.35. The maximum absolute atomic E-state index is 12.7. The summed E-state index contributed by atoms with van der Waals surface area (Å²) >= 11 is 5.80. The molecule has 0 aromatic carbocycles. The van der Waals surface area contributed by atoms with Gasteiger partial charge in [0.05, 0.1) is 5.02 Å². The second-order valence-electron chi connectivity index (χ2n) is 7.03. The van der Waals surface area contributed by atoms with E-state index in [1.54, 1.807) is 12.1 Å². The highest BCUT2D eigenvalue weighted by atomic mass is 35.5. The standard InChI is InChI=1S/C18H25ClN4O2/c1-12-10-14(4-7-20-12)18(25)23-8-5-13(6-9-23)17(24)22-16-3-2-15(19)11-21-16/h2-3,11-14,20H,4-10H2,1H3,(H,21,22,24)/t12-,14-/m0/s1. The summed E-state index contributed by atoms with van der Waals surface area (Å²) in [6, 6.07) is 3.79. The van der Waals surface area contributed by atoms with E-state index in [4.69, 9.17) is 11.6 Å². The number of pyridine rings is 1. The van der Waals surface area contributed by atoms with Crippen LogP contribution in [0, 0.1) is 11.8 Å². The average molecular weight is 365 g/mol. The number of carbonyl (C=O) groups excluding carboxylic acids is 2. The molecular formula is C18H25ClN4O2. The SMILES string of the molecule is C[C@H]1C[C@@H](C(=O)N2CCC(C(=O)Nc3ccc(Cl)cn3)CC2)CCN1. The second kappa shape index (κ2) is 8.15. The first kappa shape index (κ1) is 18.1. The molecule has 0 unspecified atom stereocenters. The summed E-state index contributed by atoms with van der Waals surface area (Å²) in [4.78, 5) is 31.1. The zero-order valence-corrected chi connectivity index (χ0v) is 15.3. The Balaban J connectivity index is 1.48. The Hall–Kier alpha value is -1.66. The van der Waals surface area contributed by atoms with E-state index in [2.05, 4.69) is 22.5 Å². The number of nitrogens with one attached hydrogen (secondary N) is 2. The first-order valence-corrected chi connectivity index (χ1v) is 9.35. The van der Waals surface area contributed by atoms with Crippen molar-refractivity contribution >= 4 is 29.2 Å². The fourth-order valence-electron chi connectivity index (χ4n) is 3.65. The van der Waals surface area contributed by atoms with Crippen molar-refractivity contribution in [2.45, 2.75) is 38.6 Å². The first-order valence-electron chi connectivity index (χ1n) is 8.97. The van der Waals surface area contributed by atoms with Crippen molar-refractivity contribution in [3.05, 3.63) is 23.4 Å². The Kier molecular flexibility index (Phi) is 5.91. The topological polar surface area (TPSA) is 74.3 Å². The van der Waals surface area contributed by atoms with Crippen LogP contribution in [0.25, 0.3) is 0 Å². The van der Waals surface area contributed by atoms with Crippen LogP contribution >= 0.6 is 11.6 Å². The molecule has 1 aromatic rings. The third-order valence-corrected chi connectivity index (χ3v) is 5.35. The molecule has 1 aromatic heterocycles. The van der Waals surface area contributed by atoms with Gasteiger partial charge >= 0.3 is 0 Å². The molecule has 0 bridgehead atoms. The quantitative estimate of drug-likeness (QED) is 0.863. The predicted molar refractivity (Wildman–Crippen MR) is 97.4 cm³/mol. The summed E-state index contributed by atoms with van der Waals surface area (Å²) in [5.74, 6) is 0.786. The van der Waals surface area contributed by atoms with Crippen LogP contribution in [0.1, 0.15) is 32.6 Å². The molecular weight excluding hydrogens is 340 g/mol. The second-order valence-corrected chi connectivity index (χ2v) is 7.46. The van der Waals surface area contributed by atoms with Crippen molar-refractivity contribution in [3.8, 4) is 0 Å². The Labute approximate surface area is 153 Å². The van der Waals surface area contributed by atoms with Gasteiger partial charge in [-0.25, -0.2) is 4.98 Å². The van der Waals surface area contributed by atoms with Gasteiger partial charge in [-0.2, -0.15) is 0 Å². The van der Waals surface area contributed by atoms with Crippen LogP contribution in [-0.4, -0.2) is 47.4 Å². The Morgan fingerprint density at radius 3 is 2.64 bits per heavy atom. The largest absolute Gasteiger partial charge is 0.342 e. The third-order valence-electron chi connectivity index (χ3n) is 5.13. The van der Waals surface area contributed by atoms with Crippen molar-refractivity contribution in [1.82, 2.24) is 15.2 Å². The zero-order valence-electron chi connectivity index (χ0n) is 14.5. The lowest BCUT2D eigenvalue weighted by Gasteiger charge is -2.36. The predicted octanol–water partition coefficient (Wildman–Crippen LogP) is 2.30. The molecule has 25 heavy (non-hydrogen) atoms. The van der Waals surface area contributed by atoms with E-state index in [1.807, 2.05) is 4.90 Å². The maximum atomic E-state index is 12.7. The van der Waals surface area contributed by atoms with Gasteiger partial charge in [0.15, 0.2) is 0 Å². The van der Waals surface area contributed by atoms with Crippen molar-refractivity contribution in [1.29, 1.82) is 0 Å². The summed E-state index contributed by atoms with van der Waals surface area (Å²) in [5, 5.41) is 6.75. The van der Waals surface area contributed by atoms with E-state index in [9.17, 15) is 9.59 Å². The van der Waals surface area contributed by atoms with E-state index in [1.165, 1.54) is 6.20 Å². The van der Waals surface area contributed by atoms with Crippen LogP contribution in [0.4, 0.5) is 5.82 Å². The summed E-state index contributed by atoms with van der Waals surface area (Å²) < 4.78 is 0. The lowest BCUT2D eigenvalue weighted by molar-refractivity contribution is -0.139. The Bertz CT molecular complexity index is 614. The number of nitrogens with zero attached hydrogens (tertiary/aromatic N) is 2. The molecule has 2 amide bonds. The van der Waals surface area contributed by atoms with Crippen molar-refractivity contribution < 1.29 is 9.59 Å². The lowest BCUT2D eigenvalue weighted by atomic mass is 9.90. The van der Waals surface area contributed by atoms with E-state index in [-0.39, 0.29) is 23.7 Å². The van der Waals surface area contributed by atoms with Crippen LogP contribution < -0.4 is 10.6 Å². The normalized spacial score (nSPS) is 24.8. The maximum Gasteiger partial charge on any atom is 0.228 e. The molecule has 0 spiro atoms. The van der Waals surface area contributed by atoms with Crippen molar-refractivity contribution in [3.63, 3.8) is 0 Å². The monoisotopic (exact) mass is 364 g/mol. The number of rotatable bonds is 3. The molecule has 0 saturated carbocycles. The number of amides is 2. The van der Waals surface area contributed by atoms with Crippen LogP contribution in [0.2, 0.25) is 5.02 Å². The molecule has 7 heteroatoms. The minimum Gasteiger partial charge on any atom is -0.342 e. The lowest BCUT2D eigenvalue weighted by Crippen LogP contribution is -2.47. The van der Waals surface area contributed by atoms with Crippen molar-refractivity contribution in [2.75, 3.05) is 25.0 Å². The van der Waals surface area contributed by atoms with Gasteiger partial charge in [-0.3, -0.25) is 9.59 Å². The van der Waals surface area contributed by atoms with Gasteiger partial charge in [-0.15, -0.1) is 0 Å². The number of aromatic nitrogens is 1. The molecule has 2 aliphatic heterocycles. The number of likely N-dealkylation sites (tertiary alicyclic amines) is 1. The highest BCUT2D eigenvalue weighted by molar-refractivity contribution is 6.30. The third kappa shape index (κ3) is 4.70. The summed E-state index contributed by atoms with van der Waals surface area (Å²) in [6.07, 6.45) is 4.73. The molecule has 0 aliphatic carbocycles. The van der Waals surface area contributed by atoms with E-state index < -0.39 is 0 Å². The molecule has 2 saturated heterocycles. The number of anilines is 1. The minimum atomic E-state index is -0.0755. The molecule has 6 nitrogen and oxygen atoms in total. The van der Waals surface area contributed by atoms with Crippen LogP contribution in [0.3, 0.4) is 0 Å². The Morgan fingerprint density at radius 2 is 2.00 bits per heavy atom. The average Bonchev–Trinajstić information content (AvgIpc) is 2.63.